The molecule has 158 valence electrons. The molecule has 32 heavy (non-hydrogen) atoms. The van der Waals surface area contributed by atoms with Gasteiger partial charge in [-0.3, -0.25) is 14.4 Å². The molecule has 6 rings (SSSR count). The number of carbonyl (C=O) groups is 3. The molecule has 1 unspecified atom stereocenters. The fourth-order valence-electron chi connectivity index (χ4n) is 4.58. The summed E-state index contributed by atoms with van der Waals surface area (Å²) in [5.74, 6) is -2.97. The van der Waals surface area contributed by atoms with Gasteiger partial charge in [0.25, 0.3) is 5.91 Å². The predicted octanol–water partition coefficient (Wildman–Crippen LogP) is 1.99. The molecule has 3 aromatic rings. The van der Waals surface area contributed by atoms with Gasteiger partial charge in [-0.15, -0.1) is 0 Å². The van der Waals surface area contributed by atoms with Crippen LogP contribution in [-0.2, 0) is 21.3 Å². The van der Waals surface area contributed by atoms with E-state index in [2.05, 4.69) is 26.2 Å². The highest BCUT2D eigenvalue weighted by atomic mass is 19.4. The summed E-state index contributed by atoms with van der Waals surface area (Å²) in [6.45, 7) is 0. The van der Waals surface area contributed by atoms with Crippen LogP contribution in [0.3, 0.4) is 0 Å². The first kappa shape index (κ1) is 18.4. The van der Waals surface area contributed by atoms with Gasteiger partial charge in [-0.1, -0.05) is 41.5 Å². The zero-order valence-electron chi connectivity index (χ0n) is 15.7. The highest BCUT2D eigenvalue weighted by Gasteiger charge is 2.62. The molecule has 0 bridgehead atoms. The Morgan fingerprint density at radius 2 is 1.66 bits per heavy atom. The van der Waals surface area contributed by atoms with E-state index in [1.165, 1.54) is 12.1 Å². The lowest BCUT2D eigenvalue weighted by atomic mass is 9.73. The smallest absolute Gasteiger partial charge is 0.322 e. The van der Waals surface area contributed by atoms with Gasteiger partial charge < -0.3 is 10.6 Å². The number of anilines is 2. The molecule has 0 radical (unpaired) electrons. The van der Waals surface area contributed by atoms with Crippen LogP contribution in [0, 0.1) is 0 Å². The number of hydrogen-bond acceptors (Lipinski definition) is 7. The Hall–Kier alpha value is -4.35. The molecule has 1 amide bonds. The van der Waals surface area contributed by atoms with E-state index in [1.54, 1.807) is 18.2 Å². The number of nitrogens with one attached hydrogen (secondary N) is 2. The summed E-state index contributed by atoms with van der Waals surface area (Å²) in [6.07, 6.45) is -4.78. The van der Waals surface area contributed by atoms with Gasteiger partial charge in [0.1, 0.15) is 0 Å². The van der Waals surface area contributed by atoms with Gasteiger partial charge in [0.05, 0.1) is 22.5 Å². The van der Waals surface area contributed by atoms with Crippen LogP contribution < -0.4 is 10.6 Å². The Bertz CT molecular complexity index is 1440. The molecule has 1 spiro atoms. The molecular formula is C20H9F3N6O3. The molecule has 1 aromatic heterocycles. The number of alkyl halides is 3. The molecule has 3 aliphatic rings. The first-order valence-corrected chi connectivity index (χ1v) is 9.27. The maximum Gasteiger partial charge on any atom is 0.418 e. The third-order valence-corrected chi connectivity index (χ3v) is 5.84. The maximum atomic E-state index is 13.7. The van der Waals surface area contributed by atoms with E-state index >= 15 is 0 Å². The normalized spacial score (nSPS) is 21.0. The van der Waals surface area contributed by atoms with Gasteiger partial charge in [-0.2, -0.15) is 17.9 Å². The van der Waals surface area contributed by atoms with Crippen LogP contribution in [0.4, 0.5) is 24.8 Å². The number of nitrogens with zero attached hydrogens (tertiary/aromatic N) is 4. The molecule has 2 aliphatic heterocycles. The summed E-state index contributed by atoms with van der Waals surface area (Å²) >= 11 is 0. The van der Waals surface area contributed by atoms with Gasteiger partial charge in [0.15, 0.2) is 0 Å². The summed E-state index contributed by atoms with van der Waals surface area (Å²) in [7, 11) is 0. The Morgan fingerprint density at radius 1 is 0.906 bits per heavy atom. The third kappa shape index (κ3) is 1.98. The highest BCUT2D eigenvalue weighted by Crippen LogP contribution is 2.53. The quantitative estimate of drug-likeness (QED) is 0.515. The molecule has 2 N–H and O–H groups in total. The molecule has 1 atom stereocenters. The van der Waals surface area contributed by atoms with E-state index < -0.39 is 40.4 Å². The second-order valence-corrected chi connectivity index (χ2v) is 7.38. The topological polar surface area (TPSA) is 119 Å². The van der Waals surface area contributed by atoms with Crippen molar-refractivity contribution >= 4 is 34.8 Å². The van der Waals surface area contributed by atoms with Crippen molar-refractivity contribution in [2.24, 2.45) is 0 Å². The fourth-order valence-corrected chi connectivity index (χ4v) is 4.58. The van der Waals surface area contributed by atoms with E-state index in [1.807, 2.05) is 0 Å². The van der Waals surface area contributed by atoms with E-state index in [-0.39, 0.29) is 28.3 Å². The minimum Gasteiger partial charge on any atom is -0.322 e. The lowest BCUT2D eigenvalue weighted by molar-refractivity contribution is -0.136. The van der Waals surface area contributed by atoms with Gasteiger partial charge in [-0.05, 0) is 16.5 Å². The highest BCUT2D eigenvalue weighted by molar-refractivity contribution is 6.54. The van der Waals surface area contributed by atoms with Crippen molar-refractivity contribution in [1.29, 1.82) is 0 Å². The number of ketones is 2. The number of hydrogen-bond donors (Lipinski definition) is 2. The molecule has 0 fully saturated rings. The largest absolute Gasteiger partial charge is 0.418 e. The molecule has 0 saturated heterocycles. The van der Waals surface area contributed by atoms with Crippen LogP contribution in [0.25, 0.3) is 5.70 Å². The van der Waals surface area contributed by atoms with Gasteiger partial charge in [-0.25, -0.2) is 0 Å². The van der Waals surface area contributed by atoms with E-state index in [9.17, 15) is 27.6 Å². The number of amides is 1. The minimum absolute atomic E-state index is 0.0684. The lowest BCUT2D eigenvalue weighted by Gasteiger charge is -2.37. The Balaban J connectivity index is 1.77. The molecule has 9 nitrogen and oxygen atoms in total. The number of carbonyl (C=O) groups excluding carboxylic acids is 3. The predicted molar refractivity (Wildman–Crippen MR) is 101 cm³/mol. The Kier molecular flexibility index (Phi) is 3.26. The zero-order chi connectivity index (χ0) is 22.4. The van der Waals surface area contributed by atoms with Gasteiger partial charge in [0.2, 0.25) is 23.1 Å². The molecule has 3 heterocycles. The molecule has 1 aliphatic carbocycles. The molecule has 12 heteroatoms. The average Bonchev–Trinajstić information content (AvgIpc) is 3.34. The van der Waals surface area contributed by atoms with Crippen molar-refractivity contribution < 1.29 is 27.6 Å². The number of benzene rings is 2. The number of rotatable bonds is 0. The average molecular weight is 438 g/mol. The summed E-state index contributed by atoms with van der Waals surface area (Å²) in [5.41, 5.74) is -3.82. The number of Topliss-reactive ketones (excluding diaryl/α,β-unsaturated/α-hetero) is 2. The van der Waals surface area contributed by atoms with Crippen molar-refractivity contribution in [3.05, 3.63) is 70.3 Å². The van der Waals surface area contributed by atoms with Crippen molar-refractivity contribution in [2.75, 3.05) is 10.6 Å². The van der Waals surface area contributed by atoms with Crippen molar-refractivity contribution in [3.63, 3.8) is 0 Å². The Morgan fingerprint density at radius 3 is 2.41 bits per heavy atom. The SMILES string of the molecule is O=C1C(=O)c2ccccc2C2=C1C1(C(=O)Nc3c(C(F)(F)F)cccc31)n1nnnc1N2. The molecule has 0 saturated carbocycles. The van der Waals surface area contributed by atoms with Crippen LogP contribution in [0.15, 0.2) is 48.0 Å². The fraction of sp³-hybridized carbons (Fsp3) is 0.100. The van der Waals surface area contributed by atoms with E-state index in [4.69, 9.17) is 0 Å². The summed E-state index contributed by atoms with van der Waals surface area (Å²) in [4.78, 5) is 39.7. The number of para-hydroxylation sites is 1. The van der Waals surface area contributed by atoms with E-state index in [0.717, 1.165) is 16.8 Å². The van der Waals surface area contributed by atoms with Gasteiger partial charge >= 0.3 is 6.18 Å². The maximum absolute atomic E-state index is 13.7. The number of halogens is 3. The summed E-state index contributed by atoms with van der Waals surface area (Å²) < 4.78 is 42.0. The van der Waals surface area contributed by atoms with E-state index in [0.29, 0.717) is 5.56 Å². The Labute approximate surface area is 175 Å². The second-order valence-electron chi connectivity index (χ2n) is 7.38. The van der Waals surface area contributed by atoms with Crippen LogP contribution >= 0.6 is 0 Å². The number of tetrazole rings is 1. The van der Waals surface area contributed by atoms with Gasteiger partial charge in [0, 0.05) is 16.7 Å². The third-order valence-electron chi connectivity index (χ3n) is 5.84. The standard InChI is InChI=1S/C20H9F3N6O3/c21-20(22,23)11-7-3-6-10-14(11)24-17(32)19(10)12-13(25-18-26-27-28-29(18)19)8-4-1-2-5-9(8)15(30)16(12)31/h1-7H,(H,24,32)(H,25,26,28). The van der Waals surface area contributed by atoms with Crippen LogP contribution in [0.5, 0.6) is 0 Å². The van der Waals surface area contributed by atoms with Crippen molar-refractivity contribution in [3.8, 4) is 0 Å². The van der Waals surface area contributed by atoms with Crippen LogP contribution in [0.2, 0.25) is 0 Å². The van der Waals surface area contributed by atoms with Crippen molar-refractivity contribution in [1.82, 2.24) is 20.2 Å². The monoisotopic (exact) mass is 438 g/mol. The summed E-state index contributed by atoms with van der Waals surface area (Å²) in [5, 5.41) is 16.3. The second kappa shape index (κ2) is 5.66. The molecular weight excluding hydrogens is 429 g/mol. The molecule has 2 aromatic carbocycles. The number of fused-ring (bicyclic) bond motifs is 7. The summed E-state index contributed by atoms with van der Waals surface area (Å²) in [6, 6.07) is 9.44. The van der Waals surface area contributed by atoms with Crippen molar-refractivity contribution in [2.45, 2.75) is 11.7 Å². The van der Waals surface area contributed by atoms with Crippen LogP contribution in [0.1, 0.15) is 27.0 Å². The van der Waals surface area contributed by atoms with Crippen LogP contribution in [-0.4, -0.2) is 37.7 Å². The first-order valence-electron chi connectivity index (χ1n) is 9.27. The number of aromatic nitrogens is 4. The zero-order valence-corrected chi connectivity index (χ0v) is 15.7. The first-order chi connectivity index (χ1) is 15.3. The minimum atomic E-state index is -4.78. The lowest BCUT2D eigenvalue weighted by Crippen LogP contribution is -2.52.